The Kier molecular flexibility index (Phi) is 5.08. The molecule has 1 amide bonds. The molecule has 0 radical (unpaired) electrons. The van der Waals surface area contributed by atoms with E-state index in [1.54, 1.807) is 18.2 Å². The average molecular weight is 301 g/mol. The molecular weight excluding hydrogens is 283 g/mol. The Bertz CT molecular complexity index is 465. The van der Waals surface area contributed by atoms with Gasteiger partial charge in [0.2, 0.25) is 0 Å². The van der Waals surface area contributed by atoms with Gasteiger partial charge in [-0.15, -0.1) is 0 Å². The number of carbonyl (C=O) groups is 1. The van der Waals surface area contributed by atoms with Crippen LogP contribution in [0.5, 0.6) is 0 Å². The molecule has 0 bridgehead atoms. The predicted octanol–water partition coefficient (Wildman–Crippen LogP) is 3.21. The van der Waals surface area contributed by atoms with Crippen LogP contribution in [-0.4, -0.2) is 37.0 Å². The molecule has 104 valence electrons. The van der Waals surface area contributed by atoms with E-state index in [9.17, 15) is 4.79 Å². The largest absolute Gasteiger partial charge is 0.352 e. The van der Waals surface area contributed by atoms with E-state index < -0.39 is 0 Å². The van der Waals surface area contributed by atoms with E-state index in [0.717, 1.165) is 13.0 Å². The number of rotatable bonds is 4. The Morgan fingerprint density at radius 1 is 1.47 bits per heavy atom. The number of nitrogens with one attached hydrogen (secondary N) is 1. The number of halogens is 2. The van der Waals surface area contributed by atoms with Gasteiger partial charge in [0.25, 0.3) is 5.91 Å². The lowest BCUT2D eigenvalue weighted by Gasteiger charge is -2.19. The average Bonchev–Trinajstić information content (AvgIpc) is 2.75. The highest BCUT2D eigenvalue weighted by molar-refractivity contribution is 6.36. The summed E-state index contributed by atoms with van der Waals surface area (Å²) in [6.07, 6.45) is 3.44. The molecule has 0 saturated carbocycles. The van der Waals surface area contributed by atoms with Crippen LogP contribution in [0.25, 0.3) is 0 Å². The third-order valence-electron chi connectivity index (χ3n) is 3.61. The molecule has 1 aromatic carbocycles. The van der Waals surface area contributed by atoms with Crippen molar-refractivity contribution in [1.82, 2.24) is 10.2 Å². The van der Waals surface area contributed by atoms with Gasteiger partial charge in [0.05, 0.1) is 10.6 Å². The summed E-state index contributed by atoms with van der Waals surface area (Å²) in [4.78, 5) is 14.3. The second-order valence-electron chi connectivity index (χ2n) is 4.95. The summed E-state index contributed by atoms with van der Waals surface area (Å²) in [5, 5.41) is 3.84. The van der Waals surface area contributed by atoms with Crippen molar-refractivity contribution in [3.63, 3.8) is 0 Å². The summed E-state index contributed by atoms with van der Waals surface area (Å²) >= 11 is 11.8. The normalized spacial score (nSPS) is 19.6. The minimum absolute atomic E-state index is 0.137. The van der Waals surface area contributed by atoms with E-state index in [1.807, 2.05) is 0 Å². The van der Waals surface area contributed by atoms with Gasteiger partial charge in [0, 0.05) is 17.6 Å². The molecule has 1 atom stereocenters. The molecule has 1 aromatic rings. The van der Waals surface area contributed by atoms with E-state index >= 15 is 0 Å². The monoisotopic (exact) mass is 300 g/mol. The lowest BCUT2D eigenvalue weighted by Crippen LogP contribution is -2.31. The number of likely N-dealkylation sites (tertiary alicyclic amines) is 1. The van der Waals surface area contributed by atoms with Crippen LogP contribution >= 0.6 is 23.2 Å². The maximum Gasteiger partial charge on any atom is 0.252 e. The van der Waals surface area contributed by atoms with Crippen LogP contribution in [0.4, 0.5) is 0 Å². The smallest absolute Gasteiger partial charge is 0.252 e. The highest BCUT2D eigenvalue weighted by Crippen LogP contribution is 2.21. The van der Waals surface area contributed by atoms with Gasteiger partial charge in [0.1, 0.15) is 0 Å². The van der Waals surface area contributed by atoms with Gasteiger partial charge in [0.15, 0.2) is 0 Å². The van der Waals surface area contributed by atoms with E-state index in [-0.39, 0.29) is 5.91 Å². The summed E-state index contributed by atoms with van der Waals surface area (Å²) in [5.74, 6) is -0.137. The molecule has 1 N–H and O–H groups in total. The number of hydrogen-bond acceptors (Lipinski definition) is 2. The molecule has 1 fully saturated rings. The zero-order valence-electron chi connectivity index (χ0n) is 11.0. The number of benzene rings is 1. The zero-order chi connectivity index (χ0) is 13.8. The van der Waals surface area contributed by atoms with Crippen molar-refractivity contribution in [3.05, 3.63) is 33.8 Å². The van der Waals surface area contributed by atoms with Crippen LogP contribution in [-0.2, 0) is 0 Å². The third kappa shape index (κ3) is 3.85. The second-order valence-corrected chi connectivity index (χ2v) is 5.79. The first-order valence-electron chi connectivity index (χ1n) is 6.51. The highest BCUT2D eigenvalue weighted by atomic mass is 35.5. The van der Waals surface area contributed by atoms with E-state index in [4.69, 9.17) is 23.2 Å². The molecule has 19 heavy (non-hydrogen) atoms. The van der Waals surface area contributed by atoms with Crippen molar-refractivity contribution < 1.29 is 4.79 Å². The second kappa shape index (κ2) is 6.60. The van der Waals surface area contributed by atoms with Gasteiger partial charge in [-0.05, 0) is 51.1 Å². The number of amides is 1. The number of hydrogen-bond donors (Lipinski definition) is 1. The van der Waals surface area contributed by atoms with Crippen LogP contribution in [0.15, 0.2) is 18.2 Å². The number of nitrogens with zero attached hydrogens (tertiary/aromatic N) is 1. The van der Waals surface area contributed by atoms with Crippen LogP contribution in [0.1, 0.15) is 29.6 Å². The third-order valence-corrected chi connectivity index (χ3v) is 4.16. The number of carbonyl (C=O) groups excluding carboxylic acids is 1. The Balaban J connectivity index is 1.84. The maximum atomic E-state index is 12.0. The fraction of sp³-hybridized carbons (Fsp3) is 0.500. The van der Waals surface area contributed by atoms with Crippen LogP contribution < -0.4 is 5.32 Å². The fourth-order valence-electron chi connectivity index (χ4n) is 2.47. The summed E-state index contributed by atoms with van der Waals surface area (Å²) in [6, 6.07) is 5.50. The Morgan fingerprint density at radius 2 is 2.26 bits per heavy atom. The molecule has 1 aliphatic rings. The van der Waals surface area contributed by atoms with E-state index in [1.165, 1.54) is 12.8 Å². The quantitative estimate of drug-likeness (QED) is 0.926. The molecule has 1 aliphatic heterocycles. The molecule has 2 rings (SSSR count). The molecule has 0 spiro atoms. The molecule has 1 unspecified atom stereocenters. The predicted molar refractivity (Wildman–Crippen MR) is 79.1 cm³/mol. The Labute approximate surface area is 123 Å². The van der Waals surface area contributed by atoms with Gasteiger partial charge in [-0.25, -0.2) is 0 Å². The molecule has 3 nitrogen and oxygen atoms in total. The zero-order valence-corrected chi connectivity index (χ0v) is 12.5. The highest BCUT2D eigenvalue weighted by Gasteiger charge is 2.20. The Hall–Kier alpha value is -0.770. The first-order chi connectivity index (χ1) is 9.08. The van der Waals surface area contributed by atoms with Gasteiger partial charge in [-0.2, -0.15) is 0 Å². The van der Waals surface area contributed by atoms with Gasteiger partial charge < -0.3 is 10.2 Å². The van der Waals surface area contributed by atoms with E-state index in [0.29, 0.717) is 28.2 Å². The molecule has 0 aromatic heterocycles. The van der Waals surface area contributed by atoms with E-state index in [2.05, 4.69) is 17.3 Å². The van der Waals surface area contributed by atoms with Gasteiger partial charge in [-0.1, -0.05) is 23.2 Å². The molecule has 1 saturated heterocycles. The van der Waals surface area contributed by atoms with Gasteiger partial charge >= 0.3 is 0 Å². The minimum Gasteiger partial charge on any atom is -0.352 e. The molecule has 5 heteroatoms. The van der Waals surface area contributed by atoms with Crippen molar-refractivity contribution in [3.8, 4) is 0 Å². The summed E-state index contributed by atoms with van der Waals surface area (Å²) in [5.41, 5.74) is 0.478. The fourth-order valence-corrected chi connectivity index (χ4v) is 2.96. The SMILES string of the molecule is CN1CCCC1CCNC(=O)c1ccc(Cl)cc1Cl. The summed E-state index contributed by atoms with van der Waals surface area (Å²) < 4.78 is 0. The lowest BCUT2D eigenvalue weighted by atomic mass is 10.1. The summed E-state index contributed by atoms with van der Waals surface area (Å²) in [6.45, 7) is 1.83. The first-order valence-corrected chi connectivity index (χ1v) is 7.27. The topological polar surface area (TPSA) is 32.3 Å². The summed E-state index contributed by atoms with van der Waals surface area (Å²) in [7, 11) is 2.13. The van der Waals surface area contributed by atoms with Crippen LogP contribution in [0, 0.1) is 0 Å². The van der Waals surface area contributed by atoms with Crippen LogP contribution in [0.2, 0.25) is 10.0 Å². The minimum atomic E-state index is -0.137. The first kappa shape index (κ1) is 14.6. The van der Waals surface area contributed by atoms with Crippen molar-refractivity contribution in [2.75, 3.05) is 20.1 Å². The lowest BCUT2D eigenvalue weighted by molar-refractivity contribution is 0.0950. The van der Waals surface area contributed by atoms with Crippen molar-refractivity contribution in [2.45, 2.75) is 25.3 Å². The molecule has 0 aliphatic carbocycles. The van der Waals surface area contributed by atoms with Gasteiger partial charge in [-0.3, -0.25) is 4.79 Å². The van der Waals surface area contributed by atoms with Crippen LogP contribution in [0.3, 0.4) is 0 Å². The Morgan fingerprint density at radius 3 is 2.89 bits per heavy atom. The maximum absolute atomic E-state index is 12.0. The molecular formula is C14H18Cl2N2O. The standard InChI is InChI=1S/C14H18Cl2N2O/c1-18-8-2-3-11(18)6-7-17-14(19)12-5-4-10(15)9-13(12)16/h4-5,9,11H,2-3,6-8H2,1H3,(H,17,19). The van der Waals surface area contributed by atoms with Crippen molar-refractivity contribution in [2.24, 2.45) is 0 Å². The van der Waals surface area contributed by atoms with Crippen molar-refractivity contribution in [1.29, 1.82) is 0 Å². The van der Waals surface area contributed by atoms with Crippen molar-refractivity contribution >= 4 is 29.1 Å². The molecule has 1 heterocycles.